The van der Waals surface area contributed by atoms with Gasteiger partial charge in [0.05, 0.1) is 30.5 Å². The van der Waals surface area contributed by atoms with E-state index in [9.17, 15) is 0 Å². The summed E-state index contributed by atoms with van der Waals surface area (Å²) in [6, 6.07) is 22.3. The predicted octanol–water partition coefficient (Wildman–Crippen LogP) is 5.64. The Kier molecular flexibility index (Phi) is 5.28. The zero-order valence-corrected chi connectivity index (χ0v) is 22.3. The molecule has 0 radical (unpaired) electrons. The van der Waals surface area contributed by atoms with Gasteiger partial charge in [-0.15, -0.1) is 0 Å². The number of benzene rings is 2. The summed E-state index contributed by atoms with van der Waals surface area (Å²) in [6.45, 7) is 0. The van der Waals surface area contributed by atoms with Gasteiger partial charge in [-0.1, -0.05) is 67.1 Å². The first kappa shape index (κ1) is 23.1. The molecule has 3 saturated carbocycles. The van der Waals surface area contributed by atoms with Gasteiger partial charge in [-0.3, -0.25) is 4.90 Å². The van der Waals surface area contributed by atoms with Crippen molar-refractivity contribution in [2.24, 2.45) is 11.8 Å². The monoisotopic (exact) mass is 520 g/mol. The van der Waals surface area contributed by atoms with Crippen molar-refractivity contribution in [1.29, 1.82) is 0 Å². The van der Waals surface area contributed by atoms with Crippen LogP contribution in [0.1, 0.15) is 63.1 Å². The van der Waals surface area contributed by atoms with E-state index in [-0.39, 0.29) is 12.0 Å². The first-order valence-corrected chi connectivity index (χ1v) is 15.3. The van der Waals surface area contributed by atoms with Crippen molar-refractivity contribution >= 4 is 0 Å². The van der Waals surface area contributed by atoms with Crippen molar-refractivity contribution in [1.82, 2.24) is 19.9 Å². The van der Waals surface area contributed by atoms with E-state index in [1.165, 1.54) is 38.5 Å². The SMILES string of the molecule is c1ccc(-c2nc(-c3ccccc3)nc(C3CC4OC5CCCC6OC7CCCC8C(C3)C4N(C65)C78)n2)cc1. The average Bonchev–Trinajstić information content (AvgIpc) is 3.34. The molecule has 200 valence electrons. The smallest absolute Gasteiger partial charge is 0.163 e. The van der Waals surface area contributed by atoms with Gasteiger partial charge in [0, 0.05) is 29.1 Å². The molecular weight excluding hydrogens is 484 g/mol. The highest BCUT2D eigenvalue weighted by Gasteiger charge is 2.66. The second-order valence-corrected chi connectivity index (χ2v) is 12.8. The van der Waals surface area contributed by atoms with Crippen LogP contribution < -0.4 is 0 Å². The van der Waals surface area contributed by atoms with Gasteiger partial charge in [0.15, 0.2) is 11.6 Å². The zero-order chi connectivity index (χ0) is 25.5. The third-order valence-corrected chi connectivity index (χ3v) is 10.8. The van der Waals surface area contributed by atoms with Crippen LogP contribution in [0.5, 0.6) is 0 Å². The Morgan fingerprint density at radius 1 is 0.564 bits per heavy atom. The van der Waals surface area contributed by atoms with E-state index in [4.69, 9.17) is 24.4 Å². The molecule has 3 aromatic rings. The molecule has 6 fully saturated rings. The van der Waals surface area contributed by atoms with Crippen molar-refractivity contribution < 1.29 is 9.47 Å². The van der Waals surface area contributed by atoms with Gasteiger partial charge in [0.2, 0.25) is 0 Å². The molecule has 6 nitrogen and oxygen atoms in total. The first-order valence-electron chi connectivity index (χ1n) is 15.3. The molecule has 6 heteroatoms. The lowest BCUT2D eigenvalue weighted by atomic mass is 9.68. The molecule has 6 aliphatic rings. The summed E-state index contributed by atoms with van der Waals surface area (Å²) < 4.78 is 13.9. The van der Waals surface area contributed by atoms with Gasteiger partial charge >= 0.3 is 0 Å². The van der Waals surface area contributed by atoms with Gasteiger partial charge in [-0.25, -0.2) is 15.0 Å². The standard InChI is InChI=1S/C33H36N4O2/c1-3-9-19(10-4-1)31-34-32(20-11-5-2-6-12-20)36-33(35-31)21-17-23-22-13-7-14-24-28(22)37-29(23)27(18-21)39-26-16-8-15-25(38-24)30(26)37/h1-6,9-12,21-30H,7-8,13-18H2. The van der Waals surface area contributed by atoms with Gasteiger partial charge < -0.3 is 9.47 Å². The molecule has 1 aromatic heterocycles. The Labute approximate surface area is 230 Å². The van der Waals surface area contributed by atoms with Gasteiger partial charge in [-0.2, -0.15) is 0 Å². The fourth-order valence-corrected chi connectivity index (χ4v) is 9.48. The summed E-state index contributed by atoms with van der Waals surface area (Å²) in [5.74, 6) is 4.11. The third kappa shape index (κ3) is 3.54. The van der Waals surface area contributed by atoms with Crippen molar-refractivity contribution in [3.63, 3.8) is 0 Å². The van der Waals surface area contributed by atoms with Gasteiger partial charge in [0.25, 0.3) is 0 Å². The number of rotatable bonds is 3. The van der Waals surface area contributed by atoms with E-state index in [2.05, 4.69) is 53.4 Å². The Hall–Kier alpha value is -2.67. The van der Waals surface area contributed by atoms with Gasteiger partial charge in [-0.05, 0) is 56.8 Å². The second kappa shape index (κ2) is 8.92. The number of hydrogen-bond acceptors (Lipinski definition) is 6. The van der Waals surface area contributed by atoms with Crippen LogP contribution in [0.15, 0.2) is 60.7 Å². The molecular formula is C33H36N4O2. The number of morpholine rings is 2. The minimum Gasteiger partial charge on any atom is -0.372 e. The Morgan fingerprint density at radius 2 is 1.13 bits per heavy atom. The topological polar surface area (TPSA) is 60.4 Å². The molecule has 3 saturated heterocycles. The largest absolute Gasteiger partial charge is 0.372 e. The molecule has 3 aliphatic carbocycles. The van der Waals surface area contributed by atoms with Crippen molar-refractivity contribution in [3.8, 4) is 22.8 Å². The molecule has 9 rings (SSSR count). The van der Waals surface area contributed by atoms with Crippen molar-refractivity contribution in [3.05, 3.63) is 66.5 Å². The van der Waals surface area contributed by atoms with E-state index in [0.29, 0.717) is 48.3 Å². The Bertz CT molecular complexity index is 1310. The molecule has 0 bridgehead atoms. The number of hydrogen-bond donors (Lipinski definition) is 0. The maximum Gasteiger partial charge on any atom is 0.163 e. The summed E-state index contributed by atoms with van der Waals surface area (Å²) in [6.07, 6.45) is 10.9. The minimum atomic E-state index is 0.259. The van der Waals surface area contributed by atoms with E-state index in [0.717, 1.165) is 41.4 Å². The molecule has 3 aliphatic heterocycles. The highest BCUT2D eigenvalue weighted by Crippen LogP contribution is 2.59. The number of fused-ring (bicyclic) bond motifs is 1. The summed E-state index contributed by atoms with van der Waals surface area (Å²) in [7, 11) is 0. The molecule has 10 atom stereocenters. The molecule has 2 aromatic carbocycles. The lowest BCUT2D eigenvalue weighted by Gasteiger charge is -2.59. The van der Waals surface area contributed by atoms with Crippen molar-refractivity contribution in [2.75, 3.05) is 0 Å². The average molecular weight is 521 g/mol. The molecule has 39 heavy (non-hydrogen) atoms. The maximum atomic E-state index is 7.06. The van der Waals surface area contributed by atoms with Crippen molar-refractivity contribution in [2.45, 2.75) is 99.8 Å². The lowest BCUT2D eigenvalue weighted by molar-refractivity contribution is -0.257. The van der Waals surface area contributed by atoms with E-state index < -0.39 is 0 Å². The first-order chi connectivity index (χ1) is 19.3. The maximum absolute atomic E-state index is 7.06. The summed E-state index contributed by atoms with van der Waals surface area (Å²) in [4.78, 5) is 18.3. The van der Waals surface area contributed by atoms with Crippen LogP contribution in [0.2, 0.25) is 0 Å². The molecule has 10 unspecified atom stereocenters. The highest BCUT2D eigenvalue weighted by molar-refractivity contribution is 5.60. The second-order valence-electron chi connectivity index (χ2n) is 12.8. The van der Waals surface area contributed by atoms with E-state index in [1.807, 2.05) is 12.1 Å². The summed E-state index contributed by atoms with van der Waals surface area (Å²) in [5, 5.41) is 0. The number of nitrogens with zero attached hydrogens (tertiary/aromatic N) is 4. The molecule has 0 N–H and O–H groups in total. The van der Waals surface area contributed by atoms with Crippen LogP contribution in [-0.2, 0) is 9.47 Å². The predicted molar refractivity (Wildman–Crippen MR) is 148 cm³/mol. The third-order valence-electron chi connectivity index (χ3n) is 10.8. The fourth-order valence-electron chi connectivity index (χ4n) is 9.48. The lowest BCUT2D eigenvalue weighted by Crippen LogP contribution is -2.72. The van der Waals surface area contributed by atoms with Crippen LogP contribution in [-0.4, -0.2) is 62.4 Å². The van der Waals surface area contributed by atoms with Crippen LogP contribution in [0.3, 0.4) is 0 Å². The minimum absolute atomic E-state index is 0.259. The van der Waals surface area contributed by atoms with Crippen LogP contribution >= 0.6 is 0 Å². The van der Waals surface area contributed by atoms with Gasteiger partial charge in [0.1, 0.15) is 5.82 Å². The number of aromatic nitrogens is 3. The van der Waals surface area contributed by atoms with Crippen LogP contribution in [0.25, 0.3) is 22.8 Å². The Morgan fingerprint density at radius 3 is 1.79 bits per heavy atom. The normalized spacial score (nSPS) is 40.2. The summed E-state index contributed by atoms with van der Waals surface area (Å²) in [5.41, 5.74) is 2.09. The van der Waals surface area contributed by atoms with Crippen LogP contribution in [0.4, 0.5) is 0 Å². The van der Waals surface area contributed by atoms with Crippen LogP contribution in [0, 0.1) is 11.8 Å². The zero-order valence-electron chi connectivity index (χ0n) is 22.3. The molecule has 0 spiro atoms. The van der Waals surface area contributed by atoms with E-state index >= 15 is 0 Å². The van der Waals surface area contributed by atoms with E-state index in [1.54, 1.807) is 0 Å². The fraction of sp³-hybridized carbons (Fsp3) is 0.545. The molecule has 0 amide bonds. The molecule has 4 heterocycles. The highest BCUT2D eigenvalue weighted by atomic mass is 16.5. The summed E-state index contributed by atoms with van der Waals surface area (Å²) >= 11 is 0. The quantitative estimate of drug-likeness (QED) is 0.446. The number of ether oxygens (including phenoxy) is 2. The Balaban J connectivity index is 1.13.